The lowest BCUT2D eigenvalue weighted by molar-refractivity contribution is -0.132. The maximum Gasteiger partial charge on any atom is 0.300 e. The van der Waals surface area contributed by atoms with Crippen molar-refractivity contribution in [3.8, 4) is 11.5 Å². The summed E-state index contributed by atoms with van der Waals surface area (Å²) in [5, 5.41) is 11.9. The van der Waals surface area contributed by atoms with E-state index in [1.807, 2.05) is 0 Å². The van der Waals surface area contributed by atoms with Gasteiger partial charge >= 0.3 is 0 Å². The van der Waals surface area contributed by atoms with E-state index in [1.165, 1.54) is 31.3 Å². The summed E-state index contributed by atoms with van der Waals surface area (Å²) in [7, 11) is 2.94. The third kappa shape index (κ3) is 4.43. The van der Waals surface area contributed by atoms with Gasteiger partial charge in [-0.2, -0.15) is 0 Å². The number of nitrogens with zero attached hydrogens (tertiary/aromatic N) is 1. The van der Waals surface area contributed by atoms with Crippen LogP contribution >= 0.6 is 46.4 Å². The van der Waals surface area contributed by atoms with E-state index in [0.29, 0.717) is 27.8 Å². The van der Waals surface area contributed by atoms with E-state index in [2.05, 4.69) is 0 Å². The molecule has 1 amide bonds. The molecule has 1 unspecified atom stereocenters. The fraction of sp³-hybridized carbons (Fsp3) is 0.120. The standard InChI is InChI=1S/C25H17Cl4NO5/c1-34-17-10-7-14(11-18(17)35-2)30-22(12-3-5-13(26)6-4-12)19(24(32)25(30)33)23(31)15-8-9-16(27)21(29)20(15)28/h3-11,22,31H,1-2H3. The highest BCUT2D eigenvalue weighted by atomic mass is 35.5. The minimum Gasteiger partial charge on any atom is -0.507 e. The maximum atomic E-state index is 13.3. The van der Waals surface area contributed by atoms with E-state index in [4.69, 9.17) is 55.9 Å². The molecule has 3 aromatic carbocycles. The summed E-state index contributed by atoms with van der Waals surface area (Å²) in [4.78, 5) is 27.9. The van der Waals surface area contributed by atoms with Gasteiger partial charge < -0.3 is 14.6 Å². The van der Waals surface area contributed by atoms with Gasteiger partial charge in [0, 0.05) is 22.3 Å². The number of carbonyl (C=O) groups is 2. The van der Waals surface area contributed by atoms with Crippen molar-refractivity contribution in [2.45, 2.75) is 6.04 Å². The predicted octanol–water partition coefficient (Wildman–Crippen LogP) is 6.94. The second kappa shape index (κ2) is 9.99. The molecule has 1 heterocycles. The van der Waals surface area contributed by atoms with Crippen LogP contribution in [0.4, 0.5) is 5.69 Å². The van der Waals surface area contributed by atoms with Crippen molar-refractivity contribution >= 4 is 69.5 Å². The number of Topliss-reactive ketones (excluding diaryl/α,β-unsaturated/α-hetero) is 1. The summed E-state index contributed by atoms with van der Waals surface area (Å²) >= 11 is 24.6. The Labute approximate surface area is 221 Å². The van der Waals surface area contributed by atoms with Crippen molar-refractivity contribution in [3.05, 3.63) is 91.4 Å². The molecule has 1 N–H and O–H groups in total. The number of aliphatic hydroxyl groups is 1. The van der Waals surface area contributed by atoms with E-state index in [-0.39, 0.29) is 26.2 Å². The number of hydrogen-bond donors (Lipinski definition) is 1. The van der Waals surface area contributed by atoms with E-state index in [0.717, 1.165) is 0 Å². The normalized spacial score (nSPS) is 17.1. The highest BCUT2D eigenvalue weighted by molar-refractivity contribution is 6.52. The molecule has 1 atom stereocenters. The van der Waals surface area contributed by atoms with Gasteiger partial charge in [0.1, 0.15) is 5.76 Å². The van der Waals surface area contributed by atoms with Gasteiger partial charge in [0.25, 0.3) is 11.7 Å². The van der Waals surface area contributed by atoms with Crippen molar-refractivity contribution in [1.82, 2.24) is 0 Å². The topological polar surface area (TPSA) is 76.1 Å². The Morgan fingerprint density at radius 2 is 1.51 bits per heavy atom. The molecule has 0 aromatic heterocycles. The molecule has 0 spiro atoms. The van der Waals surface area contributed by atoms with Crippen LogP contribution in [0.2, 0.25) is 20.1 Å². The Hall–Kier alpha value is -2.90. The van der Waals surface area contributed by atoms with Crippen LogP contribution in [0.3, 0.4) is 0 Å². The summed E-state index contributed by atoms with van der Waals surface area (Å²) in [5.41, 5.74) is 0.767. The van der Waals surface area contributed by atoms with Crippen molar-refractivity contribution in [3.63, 3.8) is 0 Å². The van der Waals surface area contributed by atoms with Crippen LogP contribution in [0.5, 0.6) is 11.5 Å². The molecule has 4 rings (SSSR count). The first-order valence-electron chi connectivity index (χ1n) is 10.1. The van der Waals surface area contributed by atoms with Crippen LogP contribution in [-0.4, -0.2) is 31.0 Å². The molecule has 1 aliphatic heterocycles. The minimum absolute atomic E-state index is 0.00884. The van der Waals surface area contributed by atoms with Crippen molar-refractivity contribution in [2.24, 2.45) is 0 Å². The summed E-state index contributed by atoms with van der Waals surface area (Å²) in [5.74, 6) is -1.45. The van der Waals surface area contributed by atoms with Crippen LogP contribution in [0, 0.1) is 0 Å². The Bertz CT molecular complexity index is 1370. The molecule has 180 valence electrons. The van der Waals surface area contributed by atoms with Gasteiger partial charge in [-0.3, -0.25) is 14.5 Å². The quantitative estimate of drug-likeness (QED) is 0.160. The molecule has 35 heavy (non-hydrogen) atoms. The van der Waals surface area contributed by atoms with Crippen LogP contribution in [0.25, 0.3) is 5.76 Å². The van der Waals surface area contributed by atoms with Gasteiger partial charge in [-0.15, -0.1) is 0 Å². The third-order valence-electron chi connectivity index (χ3n) is 5.57. The second-order valence-corrected chi connectivity index (χ2v) is 9.08. The fourth-order valence-electron chi connectivity index (χ4n) is 3.89. The molecule has 1 aliphatic rings. The molecule has 0 aliphatic carbocycles. The highest BCUT2D eigenvalue weighted by Crippen LogP contribution is 2.45. The number of aliphatic hydroxyl groups excluding tert-OH is 1. The first kappa shape index (κ1) is 25.2. The lowest BCUT2D eigenvalue weighted by atomic mass is 9.95. The van der Waals surface area contributed by atoms with Crippen LogP contribution in [0.1, 0.15) is 17.2 Å². The number of anilines is 1. The maximum absolute atomic E-state index is 13.3. The lowest BCUT2D eigenvalue weighted by Gasteiger charge is -2.26. The van der Waals surface area contributed by atoms with E-state index in [9.17, 15) is 14.7 Å². The summed E-state index contributed by atoms with van der Waals surface area (Å²) in [6.45, 7) is 0. The molecular weight excluding hydrogens is 536 g/mol. The first-order chi connectivity index (χ1) is 16.7. The van der Waals surface area contributed by atoms with E-state index >= 15 is 0 Å². The Balaban J connectivity index is 1.98. The Morgan fingerprint density at radius 3 is 2.14 bits per heavy atom. The van der Waals surface area contributed by atoms with Gasteiger partial charge in [-0.1, -0.05) is 58.5 Å². The van der Waals surface area contributed by atoms with Crippen LogP contribution < -0.4 is 14.4 Å². The van der Waals surface area contributed by atoms with Crippen molar-refractivity contribution < 1.29 is 24.2 Å². The molecule has 6 nitrogen and oxygen atoms in total. The highest BCUT2D eigenvalue weighted by Gasteiger charge is 2.47. The molecule has 0 saturated carbocycles. The van der Waals surface area contributed by atoms with Crippen molar-refractivity contribution in [2.75, 3.05) is 19.1 Å². The molecule has 3 aromatic rings. The van der Waals surface area contributed by atoms with Gasteiger partial charge in [-0.25, -0.2) is 0 Å². The number of methoxy groups -OCH3 is 2. The number of benzene rings is 3. The average Bonchev–Trinajstić information content (AvgIpc) is 3.12. The molecule has 1 fully saturated rings. The monoisotopic (exact) mass is 551 g/mol. The van der Waals surface area contributed by atoms with Crippen molar-refractivity contribution in [1.29, 1.82) is 0 Å². The molecule has 0 radical (unpaired) electrons. The van der Waals surface area contributed by atoms with Crippen LogP contribution in [-0.2, 0) is 9.59 Å². The number of amides is 1. The van der Waals surface area contributed by atoms with Gasteiger partial charge in [0.2, 0.25) is 0 Å². The zero-order chi connectivity index (χ0) is 25.4. The van der Waals surface area contributed by atoms with E-state index < -0.39 is 23.5 Å². The summed E-state index contributed by atoms with van der Waals surface area (Å²) < 4.78 is 10.6. The first-order valence-corrected chi connectivity index (χ1v) is 11.6. The average molecular weight is 553 g/mol. The van der Waals surface area contributed by atoms with Gasteiger partial charge in [0.05, 0.1) is 40.9 Å². The number of halogens is 4. The molecule has 10 heteroatoms. The number of hydrogen-bond acceptors (Lipinski definition) is 5. The largest absolute Gasteiger partial charge is 0.507 e. The predicted molar refractivity (Wildman–Crippen MR) is 137 cm³/mol. The number of ketones is 1. The zero-order valence-electron chi connectivity index (χ0n) is 18.3. The number of carbonyl (C=O) groups excluding carboxylic acids is 2. The Morgan fingerprint density at radius 1 is 0.857 bits per heavy atom. The summed E-state index contributed by atoms with van der Waals surface area (Å²) in [6.07, 6.45) is 0. The molecular formula is C25H17Cl4NO5. The molecule has 1 saturated heterocycles. The summed E-state index contributed by atoms with van der Waals surface area (Å²) in [6, 6.07) is 13.2. The fourth-order valence-corrected chi connectivity index (χ4v) is 4.64. The zero-order valence-corrected chi connectivity index (χ0v) is 21.3. The number of rotatable bonds is 5. The Kier molecular flexibility index (Phi) is 7.20. The smallest absolute Gasteiger partial charge is 0.300 e. The van der Waals surface area contributed by atoms with E-state index in [1.54, 1.807) is 42.5 Å². The van der Waals surface area contributed by atoms with Gasteiger partial charge in [0.15, 0.2) is 11.5 Å². The molecule has 0 bridgehead atoms. The number of ether oxygens (including phenoxy) is 2. The minimum atomic E-state index is -1.00. The SMILES string of the molecule is COc1ccc(N2C(=O)C(=O)C(=C(O)c3ccc(Cl)c(Cl)c3Cl)C2c2ccc(Cl)cc2)cc1OC. The lowest BCUT2D eigenvalue weighted by Crippen LogP contribution is -2.29. The second-order valence-electron chi connectivity index (χ2n) is 7.48. The third-order valence-corrected chi connectivity index (χ3v) is 7.11. The van der Waals surface area contributed by atoms with Crippen LogP contribution in [0.15, 0.2) is 60.2 Å². The van der Waals surface area contributed by atoms with Gasteiger partial charge in [-0.05, 0) is 42.0 Å².